The van der Waals surface area contributed by atoms with Crippen LogP contribution in [0.5, 0.6) is 11.5 Å². The maximum absolute atomic E-state index is 12.4. The van der Waals surface area contributed by atoms with E-state index in [0.717, 1.165) is 0 Å². The monoisotopic (exact) mass is 467 g/mol. The van der Waals surface area contributed by atoms with Gasteiger partial charge in [0, 0.05) is 5.02 Å². The van der Waals surface area contributed by atoms with Gasteiger partial charge >= 0.3 is 11.9 Å². The van der Waals surface area contributed by atoms with Gasteiger partial charge in [0.1, 0.15) is 0 Å². The average Bonchev–Trinajstić information content (AvgIpc) is 3.15. The van der Waals surface area contributed by atoms with Crippen molar-refractivity contribution >= 4 is 47.1 Å². The number of methoxy groups -OCH3 is 1. The molecule has 0 spiro atoms. The normalized spacial score (nSPS) is 14.2. The first-order valence-electron chi connectivity index (χ1n) is 9.38. The molecule has 0 amide bonds. The molecule has 0 fully saturated rings. The number of halogens is 2. The van der Waals surface area contributed by atoms with Crippen LogP contribution in [0.3, 0.4) is 0 Å². The summed E-state index contributed by atoms with van der Waals surface area (Å²) in [7, 11) is 1.45. The number of nitrogens with zero attached hydrogens (tertiary/aromatic N) is 1. The number of esters is 2. The second-order valence-corrected chi connectivity index (χ2v) is 7.47. The van der Waals surface area contributed by atoms with Crippen LogP contribution >= 0.6 is 23.2 Å². The first kappa shape index (κ1) is 21.6. The lowest BCUT2D eigenvalue weighted by Crippen LogP contribution is -2.09. The van der Waals surface area contributed by atoms with Crippen LogP contribution in [0.15, 0.2) is 77.4 Å². The second-order valence-electron chi connectivity index (χ2n) is 6.62. The lowest BCUT2D eigenvalue weighted by Gasteiger charge is -2.10. The molecule has 0 N–H and O–H groups in total. The van der Waals surface area contributed by atoms with Gasteiger partial charge in [-0.15, -0.1) is 0 Å². The molecule has 0 saturated carbocycles. The van der Waals surface area contributed by atoms with E-state index in [1.165, 1.54) is 7.11 Å². The zero-order valence-corrected chi connectivity index (χ0v) is 18.2. The fraction of sp³-hybridized carbons (Fsp3) is 0.0417. The molecule has 8 heteroatoms. The molecule has 1 aliphatic heterocycles. The van der Waals surface area contributed by atoms with E-state index in [1.807, 2.05) is 0 Å². The molecular weight excluding hydrogens is 453 g/mol. The largest absolute Gasteiger partial charge is 0.493 e. The van der Waals surface area contributed by atoms with Gasteiger partial charge < -0.3 is 14.2 Å². The van der Waals surface area contributed by atoms with Crippen molar-refractivity contribution in [3.05, 3.63) is 99.2 Å². The van der Waals surface area contributed by atoms with E-state index in [1.54, 1.807) is 72.8 Å². The molecule has 1 heterocycles. The molecule has 32 heavy (non-hydrogen) atoms. The van der Waals surface area contributed by atoms with Gasteiger partial charge in [-0.3, -0.25) is 0 Å². The third-order valence-corrected chi connectivity index (χ3v) is 5.08. The topological polar surface area (TPSA) is 74.2 Å². The minimum Gasteiger partial charge on any atom is -0.493 e. The zero-order chi connectivity index (χ0) is 22.7. The molecule has 0 bridgehead atoms. The van der Waals surface area contributed by atoms with Gasteiger partial charge in [0.15, 0.2) is 17.2 Å². The molecule has 4 rings (SSSR count). The summed E-state index contributed by atoms with van der Waals surface area (Å²) in [4.78, 5) is 28.9. The molecule has 0 unspecified atom stereocenters. The number of rotatable bonds is 5. The summed E-state index contributed by atoms with van der Waals surface area (Å²) in [5, 5.41) is 0.941. The van der Waals surface area contributed by atoms with Crippen LogP contribution in [-0.2, 0) is 9.53 Å². The Morgan fingerprint density at radius 2 is 1.75 bits per heavy atom. The smallest absolute Gasteiger partial charge is 0.363 e. The maximum Gasteiger partial charge on any atom is 0.363 e. The van der Waals surface area contributed by atoms with E-state index in [4.69, 9.17) is 37.4 Å². The molecule has 0 saturated heterocycles. The molecule has 0 aliphatic carbocycles. The number of carbonyl (C=O) groups excluding carboxylic acids is 2. The highest BCUT2D eigenvalue weighted by Crippen LogP contribution is 2.31. The van der Waals surface area contributed by atoms with Crippen molar-refractivity contribution in [1.29, 1.82) is 0 Å². The Morgan fingerprint density at radius 3 is 2.47 bits per heavy atom. The van der Waals surface area contributed by atoms with E-state index >= 15 is 0 Å². The summed E-state index contributed by atoms with van der Waals surface area (Å²) in [6, 6.07) is 18.1. The van der Waals surface area contributed by atoms with E-state index in [-0.39, 0.29) is 17.3 Å². The molecule has 6 nitrogen and oxygen atoms in total. The Labute approximate surface area is 193 Å². The molecule has 0 atom stereocenters. The Bertz CT molecular complexity index is 1270. The van der Waals surface area contributed by atoms with Crippen LogP contribution in [0, 0.1) is 0 Å². The lowest BCUT2D eigenvalue weighted by atomic mass is 10.1. The standard InChI is InChI=1S/C24H15Cl2NO5/c1-30-21-13-14(6-11-20(21)31-23(28)15-7-9-16(25)10-8-15)12-19-24(29)32-22(27-19)17-4-2-3-5-18(17)26/h2-13H,1H3/b19-12+. The predicted molar refractivity (Wildman–Crippen MR) is 121 cm³/mol. The van der Waals surface area contributed by atoms with E-state index in [2.05, 4.69) is 4.99 Å². The average molecular weight is 468 g/mol. The predicted octanol–water partition coefficient (Wildman–Crippen LogP) is 5.57. The molecule has 0 aromatic heterocycles. The zero-order valence-electron chi connectivity index (χ0n) is 16.7. The van der Waals surface area contributed by atoms with Crippen LogP contribution in [0.2, 0.25) is 10.0 Å². The van der Waals surface area contributed by atoms with E-state index < -0.39 is 11.9 Å². The Hall–Kier alpha value is -3.61. The molecule has 0 radical (unpaired) electrons. The number of ether oxygens (including phenoxy) is 3. The van der Waals surface area contributed by atoms with Crippen LogP contribution in [-0.4, -0.2) is 24.9 Å². The summed E-state index contributed by atoms with van der Waals surface area (Å²) >= 11 is 12.0. The van der Waals surface area contributed by atoms with Crippen molar-refractivity contribution in [2.45, 2.75) is 0 Å². The van der Waals surface area contributed by atoms with Crippen molar-refractivity contribution in [3.63, 3.8) is 0 Å². The van der Waals surface area contributed by atoms with Crippen molar-refractivity contribution < 1.29 is 23.8 Å². The Kier molecular flexibility index (Phi) is 6.25. The van der Waals surface area contributed by atoms with Crippen molar-refractivity contribution in [3.8, 4) is 11.5 Å². The van der Waals surface area contributed by atoms with Gasteiger partial charge in [-0.1, -0.05) is 41.4 Å². The molecule has 3 aromatic rings. The van der Waals surface area contributed by atoms with Crippen LogP contribution in [0.25, 0.3) is 6.08 Å². The Morgan fingerprint density at radius 1 is 1.00 bits per heavy atom. The highest BCUT2D eigenvalue weighted by molar-refractivity contribution is 6.34. The lowest BCUT2D eigenvalue weighted by molar-refractivity contribution is -0.129. The summed E-state index contributed by atoms with van der Waals surface area (Å²) < 4.78 is 16.0. The summed E-state index contributed by atoms with van der Waals surface area (Å²) in [6.45, 7) is 0. The molecule has 3 aromatic carbocycles. The Balaban J connectivity index is 1.58. The highest BCUT2D eigenvalue weighted by Gasteiger charge is 2.25. The number of cyclic esters (lactones) is 1. The third-order valence-electron chi connectivity index (χ3n) is 4.50. The number of hydrogen-bond acceptors (Lipinski definition) is 6. The number of carbonyl (C=O) groups is 2. The van der Waals surface area contributed by atoms with Crippen molar-refractivity contribution in [2.75, 3.05) is 7.11 Å². The van der Waals surface area contributed by atoms with Crippen molar-refractivity contribution in [2.24, 2.45) is 4.99 Å². The van der Waals surface area contributed by atoms with Gasteiger partial charge in [-0.25, -0.2) is 14.6 Å². The van der Waals surface area contributed by atoms with Crippen molar-refractivity contribution in [1.82, 2.24) is 0 Å². The fourth-order valence-corrected chi connectivity index (χ4v) is 3.26. The minimum atomic E-state index is -0.600. The number of hydrogen-bond donors (Lipinski definition) is 0. The van der Waals surface area contributed by atoms with Crippen LogP contribution < -0.4 is 9.47 Å². The summed E-state index contributed by atoms with van der Waals surface area (Å²) in [5.41, 5.74) is 1.57. The van der Waals surface area contributed by atoms with Gasteiger partial charge in [0.25, 0.3) is 0 Å². The highest BCUT2D eigenvalue weighted by atomic mass is 35.5. The van der Waals surface area contributed by atoms with E-state index in [0.29, 0.717) is 32.5 Å². The number of benzene rings is 3. The molecule has 160 valence electrons. The van der Waals surface area contributed by atoms with E-state index in [9.17, 15) is 9.59 Å². The maximum atomic E-state index is 12.4. The molecular formula is C24H15Cl2NO5. The quantitative estimate of drug-likeness (QED) is 0.278. The number of aliphatic imine (C=N–C) groups is 1. The van der Waals surface area contributed by atoms with Crippen LogP contribution in [0.1, 0.15) is 21.5 Å². The summed E-state index contributed by atoms with van der Waals surface area (Å²) in [6.07, 6.45) is 1.54. The van der Waals surface area contributed by atoms with Crippen LogP contribution in [0.4, 0.5) is 0 Å². The van der Waals surface area contributed by atoms with Gasteiger partial charge in [0.05, 0.1) is 23.3 Å². The SMILES string of the molecule is COc1cc(/C=C2/N=C(c3ccccc3Cl)OC2=O)ccc1OC(=O)c1ccc(Cl)cc1. The first-order chi connectivity index (χ1) is 15.4. The molecule has 1 aliphatic rings. The first-order valence-corrected chi connectivity index (χ1v) is 10.1. The fourth-order valence-electron chi connectivity index (χ4n) is 2.92. The summed E-state index contributed by atoms with van der Waals surface area (Å²) in [5.74, 6) is -0.490. The second kappa shape index (κ2) is 9.26. The van der Waals surface area contributed by atoms with Gasteiger partial charge in [0.2, 0.25) is 5.90 Å². The minimum absolute atomic E-state index is 0.105. The van der Waals surface area contributed by atoms with Gasteiger partial charge in [-0.2, -0.15) is 0 Å². The third kappa shape index (κ3) is 4.66. The van der Waals surface area contributed by atoms with Gasteiger partial charge in [-0.05, 0) is 60.2 Å².